The molecule has 3 aromatic carbocycles. The van der Waals surface area contributed by atoms with Gasteiger partial charge in [-0.15, -0.1) is 0 Å². The molecule has 0 spiro atoms. The van der Waals surface area contributed by atoms with Crippen LogP contribution in [0.5, 0.6) is 5.75 Å². The molecule has 3 aromatic rings. The van der Waals surface area contributed by atoms with Crippen molar-refractivity contribution in [3.05, 3.63) is 54.6 Å². The van der Waals surface area contributed by atoms with Gasteiger partial charge in [0, 0.05) is 12.9 Å². The number of rotatable bonds is 1. The average Bonchev–Trinajstić information content (AvgIpc) is 2.35. The quantitative estimate of drug-likeness (QED) is 0.371. The summed E-state index contributed by atoms with van der Waals surface area (Å²) in [5, 5.41) is 4.89. The second-order valence-corrected chi connectivity index (χ2v) is 3.98. The number of thiol groups is 1. The van der Waals surface area contributed by atoms with Crippen molar-refractivity contribution in [2.24, 2.45) is 0 Å². The molecule has 1 nitrogen and oxygen atoms in total. The van der Waals surface area contributed by atoms with Crippen LogP contribution in [0.2, 0.25) is 0 Å². The van der Waals surface area contributed by atoms with Crippen LogP contribution in [0.1, 0.15) is 0 Å². The van der Waals surface area contributed by atoms with Crippen molar-refractivity contribution >= 4 is 34.5 Å². The normalized spacial score (nSPS) is 10.8. The van der Waals surface area contributed by atoms with Gasteiger partial charge in [-0.3, -0.25) is 0 Å². The molecule has 0 heterocycles. The Kier molecular flexibility index (Phi) is 2.22. The Morgan fingerprint density at radius 2 is 1.31 bits per heavy atom. The van der Waals surface area contributed by atoms with Crippen LogP contribution in [0.25, 0.3) is 21.5 Å². The summed E-state index contributed by atoms with van der Waals surface area (Å²) in [6.45, 7) is 0. The predicted octanol–water partition coefficient (Wildman–Crippen LogP) is 4.22. The number of benzene rings is 3. The zero-order valence-corrected chi connectivity index (χ0v) is 9.45. The van der Waals surface area contributed by atoms with Crippen LogP contribution in [0.4, 0.5) is 0 Å². The molecular formula is C14H10OS. The summed E-state index contributed by atoms with van der Waals surface area (Å²) in [4.78, 5) is 0. The molecular weight excluding hydrogens is 216 g/mol. The molecule has 0 aromatic heterocycles. The van der Waals surface area contributed by atoms with E-state index in [0.717, 1.165) is 5.75 Å². The van der Waals surface area contributed by atoms with Crippen LogP contribution in [0.3, 0.4) is 0 Å². The third-order valence-corrected chi connectivity index (χ3v) is 2.99. The Labute approximate surface area is 99.3 Å². The highest BCUT2D eigenvalue weighted by atomic mass is 32.1. The molecule has 0 saturated heterocycles. The van der Waals surface area contributed by atoms with Gasteiger partial charge in [0.05, 0.1) is 0 Å². The molecule has 78 valence electrons. The summed E-state index contributed by atoms with van der Waals surface area (Å²) >= 11 is 3.81. The lowest BCUT2D eigenvalue weighted by molar-refractivity contribution is 0.660. The molecule has 0 aliphatic rings. The van der Waals surface area contributed by atoms with Gasteiger partial charge in [-0.2, -0.15) is 0 Å². The van der Waals surface area contributed by atoms with E-state index in [1.807, 2.05) is 24.3 Å². The highest BCUT2D eigenvalue weighted by Gasteiger charge is 1.99. The first-order valence-electron chi connectivity index (χ1n) is 5.11. The minimum Gasteiger partial charge on any atom is -0.429 e. The van der Waals surface area contributed by atoms with Crippen molar-refractivity contribution in [1.29, 1.82) is 0 Å². The largest absolute Gasteiger partial charge is 0.429 e. The minimum atomic E-state index is 0.770. The molecule has 0 radical (unpaired) electrons. The van der Waals surface area contributed by atoms with E-state index >= 15 is 0 Å². The zero-order valence-electron chi connectivity index (χ0n) is 8.55. The van der Waals surface area contributed by atoms with Crippen molar-refractivity contribution in [2.45, 2.75) is 0 Å². The van der Waals surface area contributed by atoms with Gasteiger partial charge in [0.25, 0.3) is 0 Å². The smallest absolute Gasteiger partial charge is 0.137 e. The molecule has 0 bridgehead atoms. The van der Waals surface area contributed by atoms with Gasteiger partial charge >= 0.3 is 0 Å². The van der Waals surface area contributed by atoms with E-state index in [1.54, 1.807) is 0 Å². The Morgan fingerprint density at radius 1 is 0.688 bits per heavy atom. The lowest BCUT2D eigenvalue weighted by Crippen LogP contribution is -1.78. The van der Waals surface area contributed by atoms with Gasteiger partial charge in [0.2, 0.25) is 0 Å². The van der Waals surface area contributed by atoms with Crippen molar-refractivity contribution in [1.82, 2.24) is 0 Å². The molecule has 0 N–H and O–H groups in total. The Hall–Kier alpha value is -1.67. The summed E-state index contributed by atoms with van der Waals surface area (Å²) in [6.07, 6.45) is 0. The molecule has 2 heteroatoms. The Bertz CT molecular complexity index is 661. The second kappa shape index (κ2) is 3.72. The molecule has 0 unspecified atom stereocenters. The SMILES string of the molecule is SOc1ccc2cc3ccccc3cc2c1. The highest BCUT2D eigenvalue weighted by Crippen LogP contribution is 2.26. The minimum absolute atomic E-state index is 0.770. The molecule has 16 heavy (non-hydrogen) atoms. The molecule has 0 aliphatic carbocycles. The summed E-state index contributed by atoms with van der Waals surface area (Å²) in [5.41, 5.74) is 0. The fraction of sp³-hybridized carbons (Fsp3) is 0. The number of hydrogen-bond acceptors (Lipinski definition) is 2. The maximum Gasteiger partial charge on any atom is 0.137 e. The highest BCUT2D eigenvalue weighted by molar-refractivity contribution is 7.75. The molecule has 0 saturated carbocycles. The van der Waals surface area contributed by atoms with E-state index in [1.165, 1.54) is 21.5 Å². The van der Waals surface area contributed by atoms with Crippen LogP contribution in [-0.2, 0) is 0 Å². The standard InChI is InChI=1S/C14H10OS/c16-15-14-6-5-12-7-10-3-1-2-4-11(10)8-13(12)9-14/h1-9,16H. The Balaban J connectivity index is 2.37. The van der Waals surface area contributed by atoms with E-state index in [0.29, 0.717) is 0 Å². The van der Waals surface area contributed by atoms with Crippen molar-refractivity contribution < 1.29 is 4.18 Å². The van der Waals surface area contributed by atoms with E-state index in [4.69, 9.17) is 4.18 Å². The van der Waals surface area contributed by atoms with Crippen LogP contribution >= 0.6 is 12.9 Å². The van der Waals surface area contributed by atoms with Crippen molar-refractivity contribution in [3.8, 4) is 5.75 Å². The Morgan fingerprint density at radius 3 is 2.00 bits per heavy atom. The maximum absolute atomic E-state index is 4.93. The van der Waals surface area contributed by atoms with E-state index in [2.05, 4.69) is 43.2 Å². The number of hydrogen-bond donors (Lipinski definition) is 1. The lowest BCUT2D eigenvalue weighted by atomic mass is 10.0. The van der Waals surface area contributed by atoms with Crippen LogP contribution in [0.15, 0.2) is 54.6 Å². The first-order valence-corrected chi connectivity index (χ1v) is 5.47. The summed E-state index contributed by atoms with van der Waals surface area (Å²) < 4.78 is 4.93. The first kappa shape index (κ1) is 9.55. The van der Waals surface area contributed by atoms with Crippen molar-refractivity contribution in [3.63, 3.8) is 0 Å². The molecule has 0 amide bonds. The molecule has 0 aliphatic heterocycles. The fourth-order valence-corrected chi connectivity index (χ4v) is 2.09. The van der Waals surface area contributed by atoms with Crippen molar-refractivity contribution in [2.75, 3.05) is 0 Å². The fourth-order valence-electron chi connectivity index (χ4n) is 1.97. The molecule has 0 fully saturated rings. The summed E-state index contributed by atoms with van der Waals surface area (Å²) in [7, 11) is 0. The van der Waals surface area contributed by atoms with E-state index in [9.17, 15) is 0 Å². The average molecular weight is 226 g/mol. The third kappa shape index (κ3) is 1.51. The monoisotopic (exact) mass is 226 g/mol. The van der Waals surface area contributed by atoms with Gasteiger partial charge in [-0.1, -0.05) is 30.3 Å². The van der Waals surface area contributed by atoms with Crippen LogP contribution in [-0.4, -0.2) is 0 Å². The summed E-state index contributed by atoms with van der Waals surface area (Å²) in [5.74, 6) is 0.770. The molecule has 0 atom stereocenters. The van der Waals surface area contributed by atoms with E-state index < -0.39 is 0 Å². The van der Waals surface area contributed by atoms with Gasteiger partial charge < -0.3 is 4.18 Å². The predicted molar refractivity (Wildman–Crippen MR) is 71.1 cm³/mol. The summed E-state index contributed by atoms with van der Waals surface area (Å²) in [6, 6.07) is 18.7. The zero-order chi connectivity index (χ0) is 11.0. The first-order chi connectivity index (χ1) is 7.86. The topological polar surface area (TPSA) is 9.23 Å². The third-order valence-electron chi connectivity index (χ3n) is 2.78. The maximum atomic E-state index is 4.93. The van der Waals surface area contributed by atoms with Crippen LogP contribution < -0.4 is 4.18 Å². The second-order valence-electron chi connectivity index (χ2n) is 3.80. The number of fused-ring (bicyclic) bond motifs is 2. The lowest BCUT2D eigenvalue weighted by Gasteiger charge is -2.03. The van der Waals surface area contributed by atoms with E-state index in [-0.39, 0.29) is 0 Å². The van der Waals surface area contributed by atoms with Crippen LogP contribution in [0, 0.1) is 0 Å². The van der Waals surface area contributed by atoms with Gasteiger partial charge in [0.15, 0.2) is 0 Å². The van der Waals surface area contributed by atoms with Gasteiger partial charge in [-0.25, -0.2) is 0 Å². The van der Waals surface area contributed by atoms with Gasteiger partial charge in [0.1, 0.15) is 5.75 Å². The van der Waals surface area contributed by atoms with Gasteiger partial charge in [-0.05, 0) is 45.8 Å². The molecule has 3 rings (SSSR count).